The van der Waals surface area contributed by atoms with Gasteiger partial charge in [-0.2, -0.15) is 4.39 Å². The number of carbonyl (C=O) groups excluding carboxylic acids is 1. The van der Waals surface area contributed by atoms with Crippen LogP contribution in [-0.4, -0.2) is 49.1 Å². The largest absolute Gasteiger partial charge is 0.338 e. The molecule has 2 rings (SSSR count). The summed E-state index contributed by atoms with van der Waals surface area (Å²) >= 11 is 0. The molecule has 116 valence electrons. The molecule has 1 aromatic heterocycles. The van der Waals surface area contributed by atoms with Gasteiger partial charge in [-0.1, -0.05) is 0 Å². The summed E-state index contributed by atoms with van der Waals surface area (Å²) in [5, 5.41) is 0. The van der Waals surface area contributed by atoms with Gasteiger partial charge in [-0.3, -0.25) is 4.79 Å². The molecule has 1 aliphatic rings. The maximum atomic E-state index is 13.5. The fourth-order valence-corrected chi connectivity index (χ4v) is 3.16. The number of likely N-dealkylation sites (tertiary alicyclic amines) is 1. The standard InChI is InChI=1S/C13H18FN3O3S/c1-2-21(19,20)16-10-5-8-17(9-6-10)13(18)11-4-3-7-15-12(11)14/h3-4,7,10,16H,2,5-6,8-9H2,1H3. The lowest BCUT2D eigenvalue weighted by Crippen LogP contribution is -2.47. The van der Waals surface area contributed by atoms with Crippen LogP contribution in [0.2, 0.25) is 0 Å². The molecular weight excluding hydrogens is 297 g/mol. The molecule has 1 aliphatic heterocycles. The number of piperidine rings is 1. The Morgan fingerprint density at radius 2 is 2.14 bits per heavy atom. The number of nitrogens with one attached hydrogen (secondary N) is 1. The van der Waals surface area contributed by atoms with Crippen molar-refractivity contribution < 1.29 is 17.6 Å². The minimum absolute atomic E-state index is 0.0348. The molecule has 21 heavy (non-hydrogen) atoms. The molecule has 0 atom stereocenters. The molecule has 6 nitrogen and oxygen atoms in total. The zero-order valence-corrected chi connectivity index (χ0v) is 12.6. The number of hydrogen-bond donors (Lipinski definition) is 1. The van der Waals surface area contributed by atoms with E-state index in [0.717, 1.165) is 0 Å². The van der Waals surface area contributed by atoms with Gasteiger partial charge in [0, 0.05) is 25.3 Å². The highest BCUT2D eigenvalue weighted by molar-refractivity contribution is 7.89. The van der Waals surface area contributed by atoms with Gasteiger partial charge in [0.2, 0.25) is 16.0 Å². The number of pyridine rings is 1. The van der Waals surface area contributed by atoms with Crippen molar-refractivity contribution in [2.45, 2.75) is 25.8 Å². The summed E-state index contributed by atoms with van der Waals surface area (Å²) < 4.78 is 39.1. The third-order valence-corrected chi connectivity index (χ3v) is 4.95. The van der Waals surface area contributed by atoms with Crippen LogP contribution < -0.4 is 4.72 Å². The van der Waals surface area contributed by atoms with Crippen LogP contribution >= 0.6 is 0 Å². The van der Waals surface area contributed by atoms with Gasteiger partial charge in [0.15, 0.2) is 0 Å². The van der Waals surface area contributed by atoms with E-state index in [0.29, 0.717) is 25.9 Å². The first-order chi connectivity index (χ1) is 9.93. The van der Waals surface area contributed by atoms with Gasteiger partial charge < -0.3 is 4.90 Å². The van der Waals surface area contributed by atoms with Crippen LogP contribution in [-0.2, 0) is 10.0 Å². The molecule has 2 heterocycles. The van der Waals surface area contributed by atoms with Crippen LogP contribution in [0.3, 0.4) is 0 Å². The van der Waals surface area contributed by atoms with Crippen molar-refractivity contribution in [3.63, 3.8) is 0 Å². The Labute approximate surface area is 123 Å². The third kappa shape index (κ3) is 3.98. The van der Waals surface area contributed by atoms with Crippen LogP contribution in [0.1, 0.15) is 30.1 Å². The quantitative estimate of drug-likeness (QED) is 0.832. The second-order valence-corrected chi connectivity index (χ2v) is 6.97. The number of sulfonamides is 1. The molecule has 1 N–H and O–H groups in total. The van der Waals surface area contributed by atoms with Crippen molar-refractivity contribution >= 4 is 15.9 Å². The second kappa shape index (κ2) is 6.48. The van der Waals surface area contributed by atoms with Crippen LogP contribution in [0.5, 0.6) is 0 Å². The lowest BCUT2D eigenvalue weighted by Gasteiger charge is -2.32. The monoisotopic (exact) mass is 315 g/mol. The van der Waals surface area contributed by atoms with E-state index in [4.69, 9.17) is 0 Å². The summed E-state index contributed by atoms with van der Waals surface area (Å²) in [7, 11) is -3.24. The molecular formula is C13H18FN3O3S. The van der Waals surface area contributed by atoms with Crippen molar-refractivity contribution in [1.82, 2.24) is 14.6 Å². The third-order valence-electron chi connectivity index (χ3n) is 3.50. The van der Waals surface area contributed by atoms with Crippen molar-refractivity contribution in [3.05, 3.63) is 29.8 Å². The summed E-state index contributed by atoms with van der Waals surface area (Å²) in [5.41, 5.74) is -0.0508. The number of aromatic nitrogens is 1. The predicted molar refractivity (Wildman–Crippen MR) is 75.7 cm³/mol. The number of carbonyl (C=O) groups is 1. The van der Waals surface area contributed by atoms with Crippen molar-refractivity contribution in [2.24, 2.45) is 0 Å². The maximum absolute atomic E-state index is 13.5. The molecule has 0 radical (unpaired) electrons. The van der Waals surface area contributed by atoms with E-state index in [9.17, 15) is 17.6 Å². The Morgan fingerprint density at radius 1 is 1.48 bits per heavy atom. The first kappa shape index (κ1) is 15.8. The van der Waals surface area contributed by atoms with Gasteiger partial charge in [-0.25, -0.2) is 18.1 Å². The number of nitrogens with zero attached hydrogens (tertiary/aromatic N) is 2. The average Bonchev–Trinajstić information content (AvgIpc) is 2.47. The number of halogens is 1. The number of rotatable bonds is 4. The van der Waals surface area contributed by atoms with Crippen LogP contribution in [0.25, 0.3) is 0 Å². The second-order valence-electron chi connectivity index (χ2n) is 4.93. The molecule has 0 unspecified atom stereocenters. The molecule has 0 spiro atoms. The first-order valence-corrected chi connectivity index (χ1v) is 8.48. The average molecular weight is 315 g/mol. The van der Waals surface area contributed by atoms with Gasteiger partial charge >= 0.3 is 0 Å². The van der Waals surface area contributed by atoms with Crippen LogP contribution in [0.4, 0.5) is 4.39 Å². The topological polar surface area (TPSA) is 79.4 Å². The van der Waals surface area contributed by atoms with E-state index in [1.165, 1.54) is 23.2 Å². The summed E-state index contributed by atoms with van der Waals surface area (Å²) in [6, 6.07) is 2.74. The molecule has 0 bridgehead atoms. The van der Waals surface area contributed by atoms with Crippen LogP contribution in [0, 0.1) is 5.95 Å². The lowest BCUT2D eigenvalue weighted by molar-refractivity contribution is 0.0705. The van der Waals surface area contributed by atoms with Gasteiger partial charge in [0.05, 0.1) is 11.3 Å². The SMILES string of the molecule is CCS(=O)(=O)NC1CCN(C(=O)c2cccnc2F)CC1. The van der Waals surface area contributed by atoms with E-state index in [2.05, 4.69) is 9.71 Å². The summed E-state index contributed by atoms with van der Waals surface area (Å²) in [6.45, 7) is 2.36. The Kier molecular flexibility index (Phi) is 4.89. The van der Waals surface area contributed by atoms with Gasteiger partial charge in [0.1, 0.15) is 0 Å². The van der Waals surface area contributed by atoms with Crippen molar-refractivity contribution in [3.8, 4) is 0 Å². The maximum Gasteiger partial charge on any atom is 0.258 e. The summed E-state index contributed by atoms with van der Waals surface area (Å²) in [5.74, 6) is -1.15. The normalized spacial score (nSPS) is 17.0. The van der Waals surface area contributed by atoms with Gasteiger partial charge in [-0.05, 0) is 31.9 Å². The van der Waals surface area contributed by atoms with Gasteiger partial charge in [-0.15, -0.1) is 0 Å². The van der Waals surface area contributed by atoms with Crippen molar-refractivity contribution in [2.75, 3.05) is 18.8 Å². The van der Waals surface area contributed by atoms with Gasteiger partial charge in [0.25, 0.3) is 5.91 Å². The highest BCUT2D eigenvalue weighted by Crippen LogP contribution is 2.15. The summed E-state index contributed by atoms with van der Waals surface area (Å²) in [4.78, 5) is 17.2. The fourth-order valence-electron chi connectivity index (χ4n) is 2.25. The van der Waals surface area contributed by atoms with Crippen molar-refractivity contribution in [1.29, 1.82) is 0 Å². The van der Waals surface area contributed by atoms with E-state index >= 15 is 0 Å². The van der Waals surface area contributed by atoms with E-state index < -0.39 is 21.9 Å². The number of amides is 1. The minimum Gasteiger partial charge on any atom is -0.338 e. The molecule has 8 heteroatoms. The number of hydrogen-bond acceptors (Lipinski definition) is 4. The molecule has 1 amide bonds. The Hall–Kier alpha value is -1.54. The zero-order valence-electron chi connectivity index (χ0n) is 11.8. The lowest BCUT2D eigenvalue weighted by atomic mass is 10.1. The molecule has 1 aromatic rings. The predicted octanol–water partition coefficient (Wildman–Crippen LogP) is 0.765. The summed E-state index contributed by atoms with van der Waals surface area (Å²) in [6.07, 6.45) is 2.33. The van der Waals surface area contributed by atoms with E-state index in [-0.39, 0.29) is 17.4 Å². The van der Waals surface area contributed by atoms with E-state index in [1.807, 2.05) is 0 Å². The molecule has 0 aromatic carbocycles. The zero-order chi connectivity index (χ0) is 15.5. The Balaban J connectivity index is 1.95. The Morgan fingerprint density at radius 3 is 2.71 bits per heavy atom. The minimum atomic E-state index is -3.24. The first-order valence-electron chi connectivity index (χ1n) is 6.82. The smallest absolute Gasteiger partial charge is 0.258 e. The highest BCUT2D eigenvalue weighted by atomic mass is 32.2. The molecule has 1 fully saturated rings. The van der Waals surface area contributed by atoms with Crippen LogP contribution in [0.15, 0.2) is 18.3 Å². The fraction of sp³-hybridized carbons (Fsp3) is 0.538. The molecule has 1 saturated heterocycles. The molecule has 0 saturated carbocycles. The highest BCUT2D eigenvalue weighted by Gasteiger charge is 2.27. The molecule has 0 aliphatic carbocycles. The van der Waals surface area contributed by atoms with E-state index in [1.54, 1.807) is 6.92 Å². The Bertz CT molecular complexity index is 613.